The normalized spacial score (nSPS) is 15.0. The summed E-state index contributed by atoms with van der Waals surface area (Å²) in [6, 6.07) is -0.856. The second-order valence-electron chi connectivity index (χ2n) is 16.0. The van der Waals surface area contributed by atoms with Crippen LogP contribution < -0.4 is 10.2 Å². The Morgan fingerprint density at radius 3 is 1.45 bits per heavy atom. The lowest BCUT2D eigenvalue weighted by Gasteiger charge is -2.30. The van der Waals surface area contributed by atoms with Gasteiger partial charge in [0.25, 0.3) is 7.82 Å². The molecule has 0 aromatic carbocycles. The Morgan fingerprint density at radius 1 is 0.636 bits per heavy atom. The zero-order valence-corrected chi connectivity index (χ0v) is 37.0. The molecule has 0 spiro atoms. The number of rotatable bonds is 39. The lowest BCUT2D eigenvalue weighted by Crippen LogP contribution is -2.46. The summed E-state index contributed by atoms with van der Waals surface area (Å²) in [7, 11) is 1.24. The first kappa shape index (κ1) is 53.2. The van der Waals surface area contributed by atoms with Crippen molar-refractivity contribution in [3.05, 3.63) is 60.8 Å². The zero-order chi connectivity index (χ0) is 40.7. The van der Waals surface area contributed by atoms with Gasteiger partial charge in [-0.25, -0.2) is 0 Å². The third kappa shape index (κ3) is 40.2. The molecule has 0 aliphatic carbocycles. The maximum Gasteiger partial charge on any atom is 0.268 e. The molecule has 0 saturated carbocycles. The van der Waals surface area contributed by atoms with Crippen LogP contribution in [-0.2, 0) is 18.4 Å². The van der Waals surface area contributed by atoms with Gasteiger partial charge in [0.05, 0.1) is 39.9 Å². The molecule has 0 heterocycles. The van der Waals surface area contributed by atoms with Crippen LogP contribution in [0.5, 0.6) is 0 Å². The number of unbranched alkanes of at least 4 members (excludes halogenated alkanes) is 17. The second-order valence-corrected chi connectivity index (χ2v) is 17.5. The standard InChI is InChI=1S/C46H85N2O6P/c1-6-8-10-12-14-16-18-20-22-23-24-26-27-29-31-33-35-37-39-45(49)44(43-54-55(51,52)53-42-41-48(3,4)5)47-46(50)40-38-36-34-32-30-28-25-21-19-17-15-13-11-9-7-2/h9,11,15,17,21,25,30,32,36,38,44-45,49H,6-8,10,12-14,16,18-20,22-24,26-29,31,33-35,37,39-43H2,1-5H3,(H-,47,50,51,52)/b11-9-,17-15-,25-21-,32-30-,38-36-. The number of aliphatic hydroxyl groups excluding tert-OH is 1. The number of hydrogen-bond donors (Lipinski definition) is 2. The van der Waals surface area contributed by atoms with E-state index in [1.807, 2.05) is 27.2 Å². The van der Waals surface area contributed by atoms with Gasteiger partial charge < -0.3 is 28.8 Å². The van der Waals surface area contributed by atoms with Gasteiger partial charge in [0.1, 0.15) is 13.2 Å². The maximum absolute atomic E-state index is 12.8. The van der Waals surface area contributed by atoms with E-state index in [-0.39, 0.29) is 25.5 Å². The maximum atomic E-state index is 12.8. The van der Waals surface area contributed by atoms with E-state index in [9.17, 15) is 19.4 Å². The van der Waals surface area contributed by atoms with Crippen molar-refractivity contribution in [3.8, 4) is 0 Å². The van der Waals surface area contributed by atoms with Crippen molar-refractivity contribution < 1.29 is 32.9 Å². The van der Waals surface area contributed by atoms with Crippen LogP contribution in [0.4, 0.5) is 0 Å². The largest absolute Gasteiger partial charge is 0.756 e. The Kier molecular flexibility index (Phi) is 36.5. The average molecular weight is 793 g/mol. The summed E-state index contributed by atoms with van der Waals surface area (Å²) in [5, 5.41) is 13.8. The first-order valence-corrected chi connectivity index (χ1v) is 23.6. The smallest absolute Gasteiger partial charge is 0.268 e. The van der Waals surface area contributed by atoms with Gasteiger partial charge in [-0.2, -0.15) is 0 Å². The third-order valence-corrected chi connectivity index (χ3v) is 10.5. The summed E-state index contributed by atoms with van der Waals surface area (Å²) >= 11 is 0. The number of nitrogens with one attached hydrogen (secondary N) is 1. The van der Waals surface area contributed by atoms with Crippen LogP contribution in [0.2, 0.25) is 0 Å². The van der Waals surface area contributed by atoms with Crippen molar-refractivity contribution in [3.63, 3.8) is 0 Å². The van der Waals surface area contributed by atoms with Crippen LogP contribution in [0.15, 0.2) is 60.8 Å². The molecule has 0 rings (SSSR count). The van der Waals surface area contributed by atoms with Gasteiger partial charge in [-0.15, -0.1) is 0 Å². The van der Waals surface area contributed by atoms with Crippen LogP contribution in [0.25, 0.3) is 0 Å². The topological polar surface area (TPSA) is 108 Å². The number of amides is 1. The van der Waals surface area contributed by atoms with E-state index in [1.165, 1.54) is 96.3 Å². The van der Waals surface area contributed by atoms with E-state index >= 15 is 0 Å². The average Bonchev–Trinajstić information content (AvgIpc) is 3.13. The van der Waals surface area contributed by atoms with E-state index in [4.69, 9.17) is 9.05 Å². The quantitative estimate of drug-likeness (QED) is 0.0278. The van der Waals surface area contributed by atoms with Crippen molar-refractivity contribution in [2.75, 3.05) is 40.9 Å². The summed E-state index contributed by atoms with van der Waals surface area (Å²) in [6.07, 6.45) is 48.3. The van der Waals surface area contributed by atoms with E-state index in [0.717, 1.165) is 44.9 Å². The highest BCUT2D eigenvalue weighted by Crippen LogP contribution is 2.38. The Hall–Kier alpha value is -1.80. The Bertz CT molecular complexity index is 1080. The van der Waals surface area contributed by atoms with E-state index in [2.05, 4.69) is 67.8 Å². The Balaban J connectivity index is 4.49. The molecule has 0 aromatic rings. The molecule has 2 N–H and O–H groups in total. The minimum absolute atomic E-state index is 0.00671. The summed E-state index contributed by atoms with van der Waals surface area (Å²) in [5.41, 5.74) is 0. The molecule has 0 fully saturated rings. The number of nitrogens with zero attached hydrogens (tertiary/aromatic N) is 1. The van der Waals surface area contributed by atoms with E-state index in [0.29, 0.717) is 23.9 Å². The highest BCUT2D eigenvalue weighted by molar-refractivity contribution is 7.45. The summed E-state index contributed by atoms with van der Waals surface area (Å²) in [4.78, 5) is 25.2. The van der Waals surface area contributed by atoms with Gasteiger partial charge in [0, 0.05) is 6.42 Å². The lowest BCUT2D eigenvalue weighted by atomic mass is 10.0. The van der Waals surface area contributed by atoms with Crippen LogP contribution in [0.1, 0.15) is 174 Å². The van der Waals surface area contributed by atoms with Gasteiger partial charge in [-0.05, 0) is 38.5 Å². The number of aliphatic hydroxyl groups is 1. The molecule has 55 heavy (non-hydrogen) atoms. The number of phosphoric ester groups is 1. The van der Waals surface area contributed by atoms with Crippen molar-refractivity contribution in [1.82, 2.24) is 5.32 Å². The molecule has 0 aliphatic rings. The predicted molar refractivity (Wildman–Crippen MR) is 233 cm³/mol. The SMILES string of the molecule is CC/C=C\C/C=C\C/C=C\C/C=C\C/C=C\CC(=O)NC(COP(=O)([O-])OCC[N+](C)(C)C)C(O)CCCCCCCCCCCCCCCCCCCC. The molecule has 8 nitrogen and oxygen atoms in total. The molecule has 1 amide bonds. The first-order valence-electron chi connectivity index (χ1n) is 22.1. The highest BCUT2D eigenvalue weighted by Gasteiger charge is 2.24. The monoisotopic (exact) mass is 793 g/mol. The zero-order valence-electron chi connectivity index (χ0n) is 36.1. The number of allylic oxidation sites excluding steroid dienone is 9. The number of hydrogen-bond acceptors (Lipinski definition) is 6. The van der Waals surface area contributed by atoms with Crippen molar-refractivity contribution in [1.29, 1.82) is 0 Å². The van der Waals surface area contributed by atoms with Gasteiger partial charge in [0.15, 0.2) is 0 Å². The summed E-state index contributed by atoms with van der Waals surface area (Å²) in [5.74, 6) is -0.293. The first-order chi connectivity index (χ1) is 26.5. The minimum Gasteiger partial charge on any atom is -0.756 e. The minimum atomic E-state index is -4.59. The fourth-order valence-electron chi connectivity index (χ4n) is 6.05. The van der Waals surface area contributed by atoms with Gasteiger partial charge in [-0.1, -0.05) is 190 Å². The molecule has 0 bridgehead atoms. The lowest BCUT2D eigenvalue weighted by molar-refractivity contribution is -0.870. The molecule has 9 heteroatoms. The predicted octanol–water partition coefficient (Wildman–Crippen LogP) is 11.6. The van der Waals surface area contributed by atoms with Crippen LogP contribution in [-0.4, -0.2) is 68.5 Å². The number of quaternary nitrogens is 1. The van der Waals surface area contributed by atoms with Gasteiger partial charge in [-0.3, -0.25) is 9.36 Å². The van der Waals surface area contributed by atoms with Crippen LogP contribution >= 0.6 is 7.82 Å². The third-order valence-electron chi connectivity index (χ3n) is 9.55. The van der Waals surface area contributed by atoms with Crippen LogP contribution in [0.3, 0.4) is 0 Å². The fraction of sp³-hybridized carbons (Fsp3) is 0.761. The molecule has 0 aliphatic heterocycles. The van der Waals surface area contributed by atoms with Crippen molar-refractivity contribution >= 4 is 13.7 Å². The Labute approximate surface area is 339 Å². The van der Waals surface area contributed by atoms with Crippen molar-refractivity contribution in [2.24, 2.45) is 0 Å². The number of carbonyl (C=O) groups excluding carboxylic acids is 1. The van der Waals surface area contributed by atoms with Gasteiger partial charge >= 0.3 is 0 Å². The fourth-order valence-corrected chi connectivity index (χ4v) is 6.77. The van der Waals surface area contributed by atoms with Gasteiger partial charge in [0.2, 0.25) is 5.91 Å². The van der Waals surface area contributed by atoms with E-state index in [1.54, 1.807) is 6.08 Å². The van der Waals surface area contributed by atoms with Crippen molar-refractivity contribution in [2.45, 2.75) is 187 Å². The Morgan fingerprint density at radius 2 is 1.04 bits per heavy atom. The number of phosphoric acid groups is 1. The molecular weight excluding hydrogens is 707 g/mol. The van der Waals surface area contributed by atoms with E-state index < -0.39 is 20.0 Å². The summed E-state index contributed by atoms with van der Waals surface area (Å²) < 4.78 is 23.2. The number of likely N-dealkylation sites (N-methyl/N-ethyl adjacent to an activating group) is 1. The van der Waals surface area contributed by atoms with Crippen LogP contribution in [0, 0.1) is 0 Å². The highest BCUT2D eigenvalue weighted by atomic mass is 31.2. The molecular formula is C46H85N2O6P. The number of carbonyl (C=O) groups is 1. The molecule has 3 unspecified atom stereocenters. The molecule has 0 saturated heterocycles. The molecule has 0 radical (unpaired) electrons. The molecule has 3 atom stereocenters. The molecule has 320 valence electrons. The molecule has 0 aromatic heterocycles. The second kappa shape index (κ2) is 37.8. The summed E-state index contributed by atoms with van der Waals surface area (Å²) in [6.45, 7) is 4.52.